The molecule has 1 saturated carbocycles. The van der Waals surface area contributed by atoms with E-state index in [9.17, 15) is 0 Å². The Morgan fingerprint density at radius 2 is 1.68 bits per heavy atom. The normalized spacial score (nSPS) is 20.2. The lowest BCUT2D eigenvalue weighted by Crippen LogP contribution is -2.12. The maximum absolute atomic E-state index is 8.88. The molecule has 1 aliphatic rings. The van der Waals surface area contributed by atoms with E-state index in [1.807, 2.05) is 12.1 Å². The van der Waals surface area contributed by atoms with E-state index in [0.717, 1.165) is 30.2 Å². The number of aryl methyl sites for hydroxylation is 3. The first kappa shape index (κ1) is 17.7. The molecule has 0 aromatic heterocycles. The first-order valence-corrected chi connectivity index (χ1v) is 9.78. The van der Waals surface area contributed by atoms with Crippen LogP contribution in [-0.4, -0.2) is 0 Å². The van der Waals surface area contributed by atoms with Gasteiger partial charge in [-0.05, 0) is 91.7 Å². The van der Waals surface area contributed by atoms with Crippen LogP contribution in [0.4, 0.5) is 0 Å². The second-order valence-electron chi connectivity index (χ2n) is 7.62. The predicted octanol–water partition coefficient (Wildman–Crippen LogP) is 6.34. The standard InChI is InChI=1S/C24H29N/c1-3-19-8-12-23(13-9-19)24-15-14-22(18(2)16-24)11-10-20-4-6-21(17-25)7-5-20/h4-7,14-16,19,23H,3,8-13H2,1-2H3. The van der Waals surface area contributed by atoms with Crippen LogP contribution in [0.5, 0.6) is 0 Å². The summed E-state index contributed by atoms with van der Waals surface area (Å²) in [6, 6.07) is 17.3. The van der Waals surface area contributed by atoms with Crippen molar-refractivity contribution < 1.29 is 0 Å². The molecule has 0 saturated heterocycles. The highest BCUT2D eigenvalue weighted by molar-refractivity contribution is 5.35. The molecular weight excluding hydrogens is 302 g/mol. The van der Waals surface area contributed by atoms with Crippen molar-refractivity contribution in [3.05, 3.63) is 70.3 Å². The molecule has 0 amide bonds. The van der Waals surface area contributed by atoms with Gasteiger partial charge in [0.2, 0.25) is 0 Å². The van der Waals surface area contributed by atoms with E-state index in [1.54, 1.807) is 5.56 Å². The molecule has 25 heavy (non-hydrogen) atoms. The first-order chi connectivity index (χ1) is 12.2. The number of hydrogen-bond acceptors (Lipinski definition) is 1. The Morgan fingerprint density at radius 3 is 2.28 bits per heavy atom. The van der Waals surface area contributed by atoms with Gasteiger partial charge in [0.1, 0.15) is 0 Å². The van der Waals surface area contributed by atoms with Crippen molar-refractivity contribution in [2.24, 2.45) is 5.92 Å². The maximum atomic E-state index is 8.88. The summed E-state index contributed by atoms with van der Waals surface area (Å²) in [5, 5.41) is 8.88. The number of rotatable bonds is 5. The molecule has 0 radical (unpaired) electrons. The summed E-state index contributed by atoms with van der Waals surface area (Å²) in [6.45, 7) is 4.59. The summed E-state index contributed by atoms with van der Waals surface area (Å²) in [6.07, 6.45) is 8.99. The van der Waals surface area contributed by atoms with Crippen molar-refractivity contribution in [1.29, 1.82) is 5.26 Å². The molecular formula is C24H29N. The fourth-order valence-corrected chi connectivity index (χ4v) is 4.18. The van der Waals surface area contributed by atoms with Crippen LogP contribution in [0.15, 0.2) is 42.5 Å². The Hall–Kier alpha value is -2.07. The number of hydrogen-bond donors (Lipinski definition) is 0. The van der Waals surface area contributed by atoms with Crippen LogP contribution in [-0.2, 0) is 12.8 Å². The monoisotopic (exact) mass is 331 g/mol. The van der Waals surface area contributed by atoms with E-state index < -0.39 is 0 Å². The summed E-state index contributed by atoms with van der Waals surface area (Å²) in [5.74, 6) is 1.73. The van der Waals surface area contributed by atoms with Gasteiger partial charge in [-0.1, -0.05) is 43.7 Å². The number of nitrogens with zero attached hydrogens (tertiary/aromatic N) is 1. The van der Waals surface area contributed by atoms with Crippen molar-refractivity contribution >= 4 is 0 Å². The summed E-state index contributed by atoms with van der Waals surface area (Å²) < 4.78 is 0. The van der Waals surface area contributed by atoms with Crippen LogP contribution in [0, 0.1) is 24.2 Å². The molecule has 0 aliphatic heterocycles. The highest BCUT2D eigenvalue weighted by atomic mass is 14.3. The molecule has 1 fully saturated rings. The predicted molar refractivity (Wildman–Crippen MR) is 105 cm³/mol. The highest BCUT2D eigenvalue weighted by Crippen LogP contribution is 2.37. The minimum atomic E-state index is 0.738. The van der Waals surface area contributed by atoms with Gasteiger partial charge in [-0.3, -0.25) is 0 Å². The van der Waals surface area contributed by atoms with Crippen molar-refractivity contribution in [2.45, 2.75) is 64.7 Å². The third-order valence-electron chi connectivity index (χ3n) is 6.03. The van der Waals surface area contributed by atoms with Crippen molar-refractivity contribution in [3.63, 3.8) is 0 Å². The largest absolute Gasteiger partial charge is 0.192 e. The second-order valence-corrected chi connectivity index (χ2v) is 7.62. The molecule has 0 N–H and O–H groups in total. The summed E-state index contributed by atoms with van der Waals surface area (Å²) in [5.41, 5.74) is 6.48. The zero-order valence-corrected chi connectivity index (χ0v) is 15.6. The van der Waals surface area contributed by atoms with Gasteiger partial charge in [0, 0.05) is 0 Å². The van der Waals surface area contributed by atoms with Gasteiger partial charge in [-0.2, -0.15) is 5.26 Å². The topological polar surface area (TPSA) is 23.8 Å². The molecule has 1 nitrogen and oxygen atoms in total. The lowest BCUT2D eigenvalue weighted by atomic mass is 9.77. The minimum absolute atomic E-state index is 0.738. The lowest BCUT2D eigenvalue weighted by molar-refractivity contribution is 0.318. The lowest BCUT2D eigenvalue weighted by Gasteiger charge is -2.28. The van der Waals surface area contributed by atoms with Crippen LogP contribution in [0.25, 0.3) is 0 Å². The maximum Gasteiger partial charge on any atom is 0.0991 e. The van der Waals surface area contributed by atoms with Crippen LogP contribution in [0.3, 0.4) is 0 Å². The van der Waals surface area contributed by atoms with Crippen LogP contribution in [0.2, 0.25) is 0 Å². The Kier molecular flexibility index (Phi) is 5.92. The summed E-state index contributed by atoms with van der Waals surface area (Å²) in [7, 11) is 0. The molecule has 0 spiro atoms. The van der Waals surface area contributed by atoms with Crippen LogP contribution >= 0.6 is 0 Å². The fraction of sp³-hybridized carbons (Fsp3) is 0.458. The van der Waals surface area contributed by atoms with E-state index in [0.29, 0.717) is 0 Å². The molecule has 0 atom stereocenters. The Morgan fingerprint density at radius 1 is 0.960 bits per heavy atom. The molecule has 1 heteroatoms. The molecule has 0 unspecified atom stereocenters. The average molecular weight is 332 g/mol. The van der Waals surface area contributed by atoms with Crippen LogP contribution in [0.1, 0.15) is 72.8 Å². The molecule has 130 valence electrons. The minimum Gasteiger partial charge on any atom is -0.192 e. The van der Waals surface area contributed by atoms with E-state index in [2.05, 4.69) is 50.2 Å². The molecule has 0 bridgehead atoms. The zero-order valence-electron chi connectivity index (χ0n) is 15.6. The van der Waals surface area contributed by atoms with Gasteiger partial charge in [0.05, 0.1) is 11.6 Å². The summed E-state index contributed by atoms with van der Waals surface area (Å²) in [4.78, 5) is 0. The highest BCUT2D eigenvalue weighted by Gasteiger charge is 2.21. The fourth-order valence-electron chi connectivity index (χ4n) is 4.18. The molecule has 0 heterocycles. The third kappa shape index (κ3) is 4.51. The van der Waals surface area contributed by atoms with Gasteiger partial charge in [0.25, 0.3) is 0 Å². The number of nitriles is 1. The van der Waals surface area contributed by atoms with Gasteiger partial charge in [0.15, 0.2) is 0 Å². The van der Waals surface area contributed by atoms with Crippen LogP contribution < -0.4 is 0 Å². The zero-order chi connectivity index (χ0) is 17.6. The molecule has 2 aromatic carbocycles. The smallest absolute Gasteiger partial charge is 0.0991 e. The third-order valence-corrected chi connectivity index (χ3v) is 6.03. The summed E-state index contributed by atoms with van der Waals surface area (Å²) >= 11 is 0. The van der Waals surface area contributed by atoms with E-state index >= 15 is 0 Å². The molecule has 2 aromatic rings. The first-order valence-electron chi connectivity index (χ1n) is 9.78. The Balaban J connectivity index is 1.61. The van der Waals surface area contributed by atoms with Gasteiger partial charge < -0.3 is 0 Å². The SMILES string of the molecule is CCC1CCC(c2ccc(CCc3ccc(C#N)cc3)c(C)c2)CC1. The van der Waals surface area contributed by atoms with Crippen molar-refractivity contribution in [1.82, 2.24) is 0 Å². The number of benzene rings is 2. The van der Waals surface area contributed by atoms with E-state index in [4.69, 9.17) is 5.26 Å². The van der Waals surface area contributed by atoms with Gasteiger partial charge in [-0.25, -0.2) is 0 Å². The Labute approximate surface area is 152 Å². The quantitative estimate of drug-likeness (QED) is 0.627. The van der Waals surface area contributed by atoms with Crippen molar-refractivity contribution in [2.75, 3.05) is 0 Å². The molecule has 3 rings (SSSR count). The Bertz CT molecular complexity index is 728. The van der Waals surface area contributed by atoms with E-state index in [-0.39, 0.29) is 0 Å². The molecule has 1 aliphatic carbocycles. The second kappa shape index (κ2) is 8.34. The van der Waals surface area contributed by atoms with Gasteiger partial charge >= 0.3 is 0 Å². The average Bonchev–Trinajstić information content (AvgIpc) is 2.67. The van der Waals surface area contributed by atoms with Crippen molar-refractivity contribution in [3.8, 4) is 6.07 Å². The van der Waals surface area contributed by atoms with E-state index in [1.165, 1.54) is 48.8 Å². The van der Waals surface area contributed by atoms with Gasteiger partial charge in [-0.15, -0.1) is 0 Å².